The van der Waals surface area contributed by atoms with Gasteiger partial charge >= 0.3 is 0 Å². The highest BCUT2D eigenvalue weighted by molar-refractivity contribution is 7.09. The van der Waals surface area contributed by atoms with Crippen molar-refractivity contribution in [1.82, 2.24) is 15.0 Å². The summed E-state index contributed by atoms with van der Waals surface area (Å²) >= 11 is 1.57. The van der Waals surface area contributed by atoms with Crippen LogP contribution in [-0.4, -0.2) is 15.0 Å². The van der Waals surface area contributed by atoms with E-state index >= 15 is 0 Å². The maximum Gasteiger partial charge on any atom is 0.252 e. The van der Waals surface area contributed by atoms with Gasteiger partial charge < -0.3 is 10.3 Å². The lowest BCUT2D eigenvalue weighted by Crippen LogP contribution is -2.14. The standard InChI is InChI=1S/C10H12N4OS/c1-6(10-11-3-4-16-10)12-8-5-9(15)14-7(2)13-8/h3-6H,1-2H3,(H2,12,13,14,15). The third-order valence-corrected chi connectivity index (χ3v) is 3.00. The van der Waals surface area contributed by atoms with Crippen LogP contribution in [0.4, 0.5) is 5.82 Å². The van der Waals surface area contributed by atoms with Gasteiger partial charge in [-0.25, -0.2) is 9.97 Å². The van der Waals surface area contributed by atoms with Crippen molar-refractivity contribution in [1.29, 1.82) is 0 Å². The zero-order valence-electron chi connectivity index (χ0n) is 9.02. The Labute approximate surface area is 96.6 Å². The average Bonchev–Trinajstić information content (AvgIpc) is 2.68. The minimum atomic E-state index is -0.152. The second-order valence-corrected chi connectivity index (χ2v) is 4.38. The second kappa shape index (κ2) is 4.44. The summed E-state index contributed by atoms with van der Waals surface area (Å²) in [5.41, 5.74) is -0.152. The Kier molecular flexibility index (Phi) is 3.00. The molecule has 0 fully saturated rings. The van der Waals surface area contributed by atoms with E-state index in [0.717, 1.165) is 5.01 Å². The zero-order valence-corrected chi connectivity index (χ0v) is 9.84. The maximum atomic E-state index is 11.2. The molecule has 5 nitrogen and oxygen atoms in total. The molecule has 84 valence electrons. The highest BCUT2D eigenvalue weighted by Gasteiger charge is 2.08. The number of nitrogens with one attached hydrogen (secondary N) is 2. The molecule has 0 spiro atoms. The number of aryl methyl sites for hydroxylation is 1. The molecule has 1 atom stereocenters. The number of aromatic nitrogens is 3. The fraction of sp³-hybridized carbons (Fsp3) is 0.300. The van der Waals surface area contributed by atoms with Crippen LogP contribution >= 0.6 is 11.3 Å². The van der Waals surface area contributed by atoms with Gasteiger partial charge in [0, 0.05) is 17.6 Å². The van der Waals surface area contributed by atoms with Crippen molar-refractivity contribution in [2.45, 2.75) is 19.9 Å². The van der Waals surface area contributed by atoms with Crippen molar-refractivity contribution in [3.63, 3.8) is 0 Å². The van der Waals surface area contributed by atoms with Crippen molar-refractivity contribution in [2.75, 3.05) is 5.32 Å². The number of aromatic amines is 1. The van der Waals surface area contributed by atoms with E-state index in [-0.39, 0.29) is 11.6 Å². The molecule has 2 aromatic heterocycles. The first-order valence-electron chi connectivity index (χ1n) is 4.89. The molecule has 6 heteroatoms. The monoisotopic (exact) mass is 236 g/mol. The molecule has 0 aliphatic rings. The Hall–Kier alpha value is -1.69. The fourth-order valence-corrected chi connectivity index (χ4v) is 2.03. The second-order valence-electron chi connectivity index (χ2n) is 3.45. The van der Waals surface area contributed by atoms with Crippen molar-refractivity contribution in [3.05, 3.63) is 38.8 Å². The number of hydrogen-bond donors (Lipinski definition) is 2. The summed E-state index contributed by atoms with van der Waals surface area (Å²) in [6, 6.07) is 1.49. The summed E-state index contributed by atoms with van der Waals surface area (Å²) in [6.45, 7) is 3.73. The van der Waals surface area contributed by atoms with Crippen molar-refractivity contribution in [2.24, 2.45) is 0 Å². The molecule has 0 amide bonds. The average molecular weight is 236 g/mol. The normalized spacial score (nSPS) is 12.4. The van der Waals surface area contributed by atoms with Crippen LogP contribution in [0.5, 0.6) is 0 Å². The number of rotatable bonds is 3. The number of H-pyrrole nitrogens is 1. The molecule has 2 rings (SSSR count). The van der Waals surface area contributed by atoms with Crippen LogP contribution in [0, 0.1) is 6.92 Å². The summed E-state index contributed by atoms with van der Waals surface area (Å²) in [5, 5.41) is 6.04. The molecule has 2 N–H and O–H groups in total. The van der Waals surface area contributed by atoms with Crippen LogP contribution in [0.15, 0.2) is 22.4 Å². The van der Waals surface area contributed by atoms with Crippen molar-refractivity contribution >= 4 is 17.2 Å². The van der Waals surface area contributed by atoms with Crippen molar-refractivity contribution in [3.8, 4) is 0 Å². The van der Waals surface area contributed by atoms with Crippen LogP contribution in [0.25, 0.3) is 0 Å². The quantitative estimate of drug-likeness (QED) is 0.851. The Morgan fingerprint density at radius 1 is 1.56 bits per heavy atom. The number of thiazole rings is 1. The van der Waals surface area contributed by atoms with Crippen molar-refractivity contribution < 1.29 is 0 Å². The van der Waals surface area contributed by atoms with Crippen LogP contribution < -0.4 is 10.9 Å². The first kappa shape index (κ1) is 10.8. The van der Waals surface area contributed by atoms with E-state index in [4.69, 9.17) is 0 Å². The van der Waals surface area contributed by atoms with Gasteiger partial charge in [-0.1, -0.05) is 0 Å². The molecule has 0 bridgehead atoms. The molecule has 1 unspecified atom stereocenters. The van der Waals surface area contributed by atoms with Gasteiger partial charge in [-0.2, -0.15) is 0 Å². The molecular weight excluding hydrogens is 224 g/mol. The van der Waals surface area contributed by atoms with E-state index in [1.807, 2.05) is 12.3 Å². The molecule has 0 saturated heterocycles. The maximum absolute atomic E-state index is 11.2. The number of nitrogens with zero attached hydrogens (tertiary/aromatic N) is 2. The smallest absolute Gasteiger partial charge is 0.252 e. The number of hydrogen-bond acceptors (Lipinski definition) is 5. The molecule has 2 aromatic rings. The summed E-state index contributed by atoms with van der Waals surface area (Å²) in [4.78, 5) is 22.2. The van der Waals surface area contributed by atoms with E-state index in [1.54, 1.807) is 24.5 Å². The fourth-order valence-electron chi connectivity index (χ4n) is 1.39. The Bertz CT molecular complexity index is 520. The summed E-state index contributed by atoms with van der Waals surface area (Å²) in [7, 11) is 0. The van der Waals surface area contributed by atoms with E-state index in [2.05, 4.69) is 20.3 Å². The largest absolute Gasteiger partial charge is 0.361 e. The lowest BCUT2D eigenvalue weighted by molar-refractivity contribution is 0.852. The third kappa shape index (κ3) is 2.46. The van der Waals surface area contributed by atoms with E-state index < -0.39 is 0 Å². The van der Waals surface area contributed by atoms with Gasteiger partial charge in [-0.05, 0) is 13.8 Å². The number of anilines is 1. The minimum absolute atomic E-state index is 0.0497. The zero-order chi connectivity index (χ0) is 11.5. The summed E-state index contributed by atoms with van der Waals surface area (Å²) in [5.74, 6) is 1.17. The summed E-state index contributed by atoms with van der Waals surface area (Å²) in [6.07, 6.45) is 1.76. The van der Waals surface area contributed by atoms with Gasteiger partial charge in [0.2, 0.25) is 0 Å². The van der Waals surface area contributed by atoms with E-state index in [9.17, 15) is 4.79 Å². The molecule has 0 aromatic carbocycles. The molecule has 2 heterocycles. The Morgan fingerprint density at radius 2 is 2.38 bits per heavy atom. The van der Waals surface area contributed by atoms with Gasteiger partial charge in [0.05, 0.1) is 6.04 Å². The Balaban J connectivity index is 2.18. The highest BCUT2D eigenvalue weighted by Crippen LogP contribution is 2.18. The predicted molar refractivity (Wildman–Crippen MR) is 63.7 cm³/mol. The van der Waals surface area contributed by atoms with Gasteiger partial charge in [-0.3, -0.25) is 4.79 Å². The van der Waals surface area contributed by atoms with E-state index in [0.29, 0.717) is 11.6 Å². The van der Waals surface area contributed by atoms with Crippen LogP contribution in [0.3, 0.4) is 0 Å². The van der Waals surface area contributed by atoms with Gasteiger partial charge in [0.1, 0.15) is 16.6 Å². The van der Waals surface area contributed by atoms with Crippen LogP contribution in [-0.2, 0) is 0 Å². The first-order chi connectivity index (χ1) is 7.65. The topological polar surface area (TPSA) is 70.7 Å². The Morgan fingerprint density at radius 3 is 3.00 bits per heavy atom. The van der Waals surface area contributed by atoms with Gasteiger partial charge in [0.15, 0.2) is 0 Å². The highest BCUT2D eigenvalue weighted by atomic mass is 32.1. The first-order valence-corrected chi connectivity index (χ1v) is 5.77. The van der Waals surface area contributed by atoms with E-state index in [1.165, 1.54) is 6.07 Å². The lowest BCUT2D eigenvalue weighted by atomic mass is 10.3. The SMILES string of the molecule is Cc1nc(NC(C)c2nccs2)cc(=O)[nH]1. The predicted octanol–water partition coefficient (Wildman–Crippen LogP) is 1.71. The van der Waals surface area contributed by atoms with Crippen LogP contribution in [0.1, 0.15) is 23.8 Å². The lowest BCUT2D eigenvalue weighted by Gasteiger charge is -2.11. The molecule has 16 heavy (non-hydrogen) atoms. The van der Waals surface area contributed by atoms with Gasteiger partial charge in [-0.15, -0.1) is 11.3 Å². The molecule has 0 aliphatic carbocycles. The van der Waals surface area contributed by atoms with Crippen LogP contribution in [0.2, 0.25) is 0 Å². The molecular formula is C10H12N4OS. The van der Waals surface area contributed by atoms with Gasteiger partial charge in [0.25, 0.3) is 5.56 Å². The molecule has 0 radical (unpaired) electrons. The minimum Gasteiger partial charge on any atom is -0.361 e. The molecule has 0 saturated carbocycles. The molecule has 0 aliphatic heterocycles. The summed E-state index contributed by atoms with van der Waals surface area (Å²) < 4.78 is 0. The third-order valence-electron chi connectivity index (χ3n) is 2.05.